The monoisotopic (exact) mass is 282 g/mol. The van der Waals surface area contributed by atoms with Gasteiger partial charge >= 0.3 is 5.97 Å². The zero-order chi connectivity index (χ0) is 14.9. The molecule has 0 aliphatic heterocycles. The van der Waals surface area contributed by atoms with Crippen LogP contribution in [0.25, 0.3) is 0 Å². The predicted molar refractivity (Wildman–Crippen MR) is 86.9 cm³/mol. The van der Waals surface area contributed by atoms with Gasteiger partial charge in [-0.25, -0.2) is 0 Å². The summed E-state index contributed by atoms with van der Waals surface area (Å²) >= 11 is 0. The number of esters is 1. The normalized spacial score (nSPS) is 10.4. The van der Waals surface area contributed by atoms with Crippen LogP contribution in [0.5, 0.6) is 0 Å². The highest BCUT2D eigenvalue weighted by atomic mass is 16.5. The predicted octanol–water partition coefficient (Wildman–Crippen LogP) is 5.81. The highest BCUT2D eigenvalue weighted by molar-refractivity contribution is 5.69. The third-order valence-electron chi connectivity index (χ3n) is 3.55. The molecule has 0 aromatic carbocycles. The van der Waals surface area contributed by atoms with Crippen LogP contribution < -0.4 is 0 Å². The van der Waals surface area contributed by atoms with E-state index in [1.54, 1.807) is 0 Å². The number of carbonyl (C=O) groups is 1. The number of ether oxygens (including phenoxy) is 1. The minimum Gasteiger partial charge on any atom is -0.466 e. The molecule has 0 N–H and O–H groups in total. The number of allylic oxidation sites excluding steroid dienone is 1. The average molecular weight is 282 g/mol. The lowest BCUT2D eigenvalue weighted by molar-refractivity contribution is -0.143. The lowest BCUT2D eigenvalue weighted by atomic mass is 10.1. The molecule has 20 heavy (non-hydrogen) atoms. The minimum atomic E-state index is -0.0217. The van der Waals surface area contributed by atoms with Crippen LogP contribution in [0.3, 0.4) is 0 Å². The molecular weight excluding hydrogens is 248 g/mol. The standard InChI is InChI=1S/C18H34O2/c1-3-5-7-9-10-11-12-13-14-16-18(19)20-17-15-8-6-4-2/h4H,2-3,5-17H2,1H3. The molecule has 0 fully saturated rings. The largest absolute Gasteiger partial charge is 0.466 e. The lowest BCUT2D eigenvalue weighted by Gasteiger charge is -2.04. The molecule has 2 heteroatoms. The van der Waals surface area contributed by atoms with Crippen LogP contribution in [0.1, 0.15) is 90.4 Å². The Morgan fingerprint density at radius 3 is 2.10 bits per heavy atom. The third kappa shape index (κ3) is 15.3. The Labute approximate surface area is 126 Å². The van der Waals surface area contributed by atoms with Crippen molar-refractivity contribution in [2.45, 2.75) is 90.4 Å². The van der Waals surface area contributed by atoms with Crippen LogP contribution in [0.2, 0.25) is 0 Å². The van der Waals surface area contributed by atoms with Crippen molar-refractivity contribution in [3.63, 3.8) is 0 Å². The first kappa shape index (κ1) is 19.2. The Bertz CT molecular complexity index is 223. The van der Waals surface area contributed by atoms with Crippen molar-refractivity contribution in [1.29, 1.82) is 0 Å². The van der Waals surface area contributed by atoms with E-state index in [0.29, 0.717) is 13.0 Å². The molecule has 0 unspecified atom stereocenters. The fourth-order valence-corrected chi connectivity index (χ4v) is 2.23. The van der Waals surface area contributed by atoms with Crippen LogP contribution in [0.4, 0.5) is 0 Å². The molecule has 0 saturated carbocycles. The molecule has 0 amide bonds. The summed E-state index contributed by atoms with van der Waals surface area (Å²) in [6.07, 6.45) is 17.1. The van der Waals surface area contributed by atoms with Gasteiger partial charge in [-0.05, 0) is 25.7 Å². The van der Waals surface area contributed by atoms with Crippen molar-refractivity contribution in [2.75, 3.05) is 6.61 Å². The summed E-state index contributed by atoms with van der Waals surface area (Å²) in [6, 6.07) is 0. The quantitative estimate of drug-likeness (QED) is 0.215. The molecule has 0 aromatic heterocycles. The molecule has 0 radical (unpaired) electrons. The lowest BCUT2D eigenvalue weighted by Crippen LogP contribution is -2.05. The van der Waals surface area contributed by atoms with Crippen molar-refractivity contribution in [2.24, 2.45) is 0 Å². The van der Waals surface area contributed by atoms with Crippen molar-refractivity contribution in [3.05, 3.63) is 12.7 Å². The van der Waals surface area contributed by atoms with E-state index in [4.69, 9.17) is 4.74 Å². The maximum atomic E-state index is 11.4. The maximum Gasteiger partial charge on any atom is 0.305 e. The Balaban J connectivity index is 3.13. The second-order valence-corrected chi connectivity index (χ2v) is 5.58. The first-order valence-electron chi connectivity index (χ1n) is 8.57. The number of hydrogen-bond acceptors (Lipinski definition) is 2. The molecule has 2 nitrogen and oxygen atoms in total. The first-order valence-corrected chi connectivity index (χ1v) is 8.57. The van der Waals surface area contributed by atoms with Crippen molar-refractivity contribution < 1.29 is 9.53 Å². The van der Waals surface area contributed by atoms with Gasteiger partial charge in [0.2, 0.25) is 0 Å². The molecule has 118 valence electrons. The van der Waals surface area contributed by atoms with Gasteiger partial charge in [0.05, 0.1) is 6.61 Å². The number of hydrogen-bond donors (Lipinski definition) is 0. The summed E-state index contributed by atoms with van der Waals surface area (Å²) in [5, 5.41) is 0. The van der Waals surface area contributed by atoms with Gasteiger partial charge in [0.1, 0.15) is 0 Å². The second-order valence-electron chi connectivity index (χ2n) is 5.58. The van der Waals surface area contributed by atoms with Crippen molar-refractivity contribution in [1.82, 2.24) is 0 Å². The zero-order valence-corrected chi connectivity index (χ0v) is 13.5. The smallest absolute Gasteiger partial charge is 0.305 e. The molecule has 0 spiro atoms. The van der Waals surface area contributed by atoms with E-state index >= 15 is 0 Å². The van der Waals surface area contributed by atoms with Gasteiger partial charge in [0.25, 0.3) is 0 Å². The Kier molecular flexibility index (Phi) is 15.6. The van der Waals surface area contributed by atoms with E-state index in [1.165, 1.54) is 51.4 Å². The average Bonchev–Trinajstić information content (AvgIpc) is 2.45. The van der Waals surface area contributed by atoms with Gasteiger partial charge < -0.3 is 4.74 Å². The molecular formula is C18H34O2. The van der Waals surface area contributed by atoms with E-state index in [-0.39, 0.29) is 5.97 Å². The molecule has 0 rings (SSSR count). The molecule has 0 bridgehead atoms. The first-order chi connectivity index (χ1) is 9.81. The molecule has 0 aromatic rings. The summed E-state index contributed by atoms with van der Waals surface area (Å²) < 4.78 is 5.19. The SMILES string of the molecule is C=CCCCCOC(=O)CCCCCCCCCCC. The van der Waals surface area contributed by atoms with Crippen LogP contribution in [-0.4, -0.2) is 12.6 Å². The Morgan fingerprint density at radius 1 is 0.900 bits per heavy atom. The fourth-order valence-electron chi connectivity index (χ4n) is 2.23. The number of rotatable bonds is 15. The van der Waals surface area contributed by atoms with E-state index in [1.807, 2.05) is 6.08 Å². The van der Waals surface area contributed by atoms with Gasteiger partial charge in [-0.3, -0.25) is 4.79 Å². The van der Waals surface area contributed by atoms with Crippen molar-refractivity contribution >= 4 is 5.97 Å². The molecule has 0 saturated heterocycles. The second kappa shape index (κ2) is 16.3. The van der Waals surface area contributed by atoms with Gasteiger partial charge in [-0.1, -0.05) is 64.4 Å². The van der Waals surface area contributed by atoms with E-state index in [0.717, 1.165) is 25.7 Å². The highest BCUT2D eigenvalue weighted by Gasteiger charge is 2.02. The molecule has 0 aliphatic rings. The summed E-state index contributed by atoms with van der Waals surface area (Å²) in [7, 11) is 0. The third-order valence-corrected chi connectivity index (χ3v) is 3.55. The fraction of sp³-hybridized carbons (Fsp3) is 0.833. The summed E-state index contributed by atoms with van der Waals surface area (Å²) in [5.74, 6) is -0.0217. The highest BCUT2D eigenvalue weighted by Crippen LogP contribution is 2.10. The molecule has 0 heterocycles. The zero-order valence-electron chi connectivity index (χ0n) is 13.5. The van der Waals surface area contributed by atoms with E-state index in [9.17, 15) is 4.79 Å². The van der Waals surface area contributed by atoms with Crippen LogP contribution in [0, 0.1) is 0 Å². The number of carbonyl (C=O) groups excluding carboxylic acids is 1. The van der Waals surface area contributed by atoms with E-state index < -0.39 is 0 Å². The molecule has 0 aliphatic carbocycles. The Morgan fingerprint density at radius 2 is 1.50 bits per heavy atom. The van der Waals surface area contributed by atoms with Gasteiger partial charge in [-0.2, -0.15) is 0 Å². The molecule has 0 atom stereocenters. The van der Waals surface area contributed by atoms with Crippen LogP contribution in [0.15, 0.2) is 12.7 Å². The summed E-state index contributed by atoms with van der Waals surface area (Å²) in [4.78, 5) is 11.4. The van der Waals surface area contributed by atoms with Gasteiger partial charge in [-0.15, -0.1) is 6.58 Å². The maximum absolute atomic E-state index is 11.4. The van der Waals surface area contributed by atoms with Crippen LogP contribution in [-0.2, 0) is 9.53 Å². The van der Waals surface area contributed by atoms with Gasteiger partial charge in [0.15, 0.2) is 0 Å². The number of unbranched alkanes of at least 4 members (excludes halogenated alkanes) is 10. The minimum absolute atomic E-state index is 0.0217. The van der Waals surface area contributed by atoms with Crippen LogP contribution >= 0.6 is 0 Å². The van der Waals surface area contributed by atoms with Gasteiger partial charge in [0, 0.05) is 6.42 Å². The van der Waals surface area contributed by atoms with Crippen molar-refractivity contribution in [3.8, 4) is 0 Å². The topological polar surface area (TPSA) is 26.3 Å². The van der Waals surface area contributed by atoms with E-state index in [2.05, 4.69) is 13.5 Å². The Hall–Kier alpha value is -0.790. The summed E-state index contributed by atoms with van der Waals surface area (Å²) in [6.45, 7) is 6.49. The summed E-state index contributed by atoms with van der Waals surface area (Å²) in [5.41, 5.74) is 0.